The zero-order chi connectivity index (χ0) is 14.6. The van der Waals surface area contributed by atoms with E-state index in [-0.39, 0.29) is 17.0 Å². The molecule has 0 aromatic heterocycles. The van der Waals surface area contributed by atoms with Gasteiger partial charge < -0.3 is 5.73 Å². The fourth-order valence-electron chi connectivity index (χ4n) is 2.48. The van der Waals surface area contributed by atoms with Crippen LogP contribution >= 0.6 is 0 Å². The van der Waals surface area contributed by atoms with E-state index in [4.69, 9.17) is 11.0 Å². The number of nitrogens with two attached hydrogens (primary N) is 1. The van der Waals surface area contributed by atoms with Crippen LogP contribution < -0.4 is 10.5 Å². The predicted molar refractivity (Wildman–Crippen MR) is 76.3 cm³/mol. The topological polar surface area (TPSA) is 96.0 Å². The summed E-state index contributed by atoms with van der Waals surface area (Å²) in [6.45, 7) is 0. The second-order valence-electron chi connectivity index (χ2n) is 5.17. The van der Waals surface area contributed by atoms with Crippen molar-refractivity contribution in [2.75, 3.05) is 0 Å². The van der Waals surface area contributed by atoms with Crippen molar-refractivity contribution in [2.45, 2.75) is 49.1 Å². The largest absolute Gasteiger partial charge is 0.326 e. The molecule has 2 unspecified atom stereocenters. The summed E-state index contributed by atoms with van der Waals surface area (Å²) in [6.07, 6.45) is 4.72. The number of benzene rings is 1. The second kappa shape index (κ2) is 6.35. The molecule has 0 bridgehead atoms. The molecule has 0 spiro atoms. The molecule has 6 heteroatoms. The molecular formula is C14H19N3O2S. The lowest BCUT2D eigenvalue weighted by atomic mass is 10.1. The molecule has 1 saturated carbocycles. The van der Waals surface area contributed by atoms with Gasteiger partial charge in [-0.25, -0.2) is 13.1 Å². The first-order chi connectivity index (χ1) is 9.53. The van der Waals surface area contributed by atoms with E-state index in [0.29, 0.717) is 5.56 Å². The highest BCUT2D eigenvalue weighted by molar-refractivity contribution is 7.89. The summed E-state index contributed by atoms with van der Waals surface area (Å²) in [6, 6.07) is 7.59. The van der Waals surface area contributed by atoms with Crippen LogP contribution in [0.5, 0.6) is 0 Å². The summed E-state index contributed by atoms with van der Waals surface area (Å²) >= 11 is 0. The van der Waals surface area contributed by atoms with E-state index in [1.54, 1.807) is 12.1 Å². The molecule has 5 nitrogen and oxygen atoms in total. The van der Waals surface area contributed by atoms with Gasteiger partial charge >= 0.3 is 0 Å². The fourth-order valence-corrected chi connectivity index (χ4v) is 3.85. The lowest BCUT2D eigenvalue weighted by Gasteiger charge is -2.22. The second-order valence-corrected chi connectivity index (χ2v) is 6.88. The minimum absolute atomic E-state index is 0.119. The van der Waals surface area contributed by atoms with Gasteiger partial charge in [0.1, 0.15) is 0 Å². The standard InChI is InChI=1S/C14H19N3O2S/c15-10-11-5-4-6-12(9-11)20(18,19)17-14-8-3-1-2-7-13(14)16/h4-6,9,13-14,17H,1-3,7-8,16H2. The molecule has 0 heterocycles. The van der Waals surface area contributed by atoms with Crippen molar-refractivity contribution in [3.63, 3.8) is 0 Å². The van der Waals surface area contributed by atoms with Crippen molar-refractivity contribution in [3.8, 4) is 6.07 Å². The van der Waals surface area contributed by atoms with Gasteiger partial charge in [-0.3, -0.25) is 0 Å². The van der Waals surface area contributed by atoms with Gasteiger partial charge in [-0.05, 0) is 31.0 Å². The lowest BCUT2D eigenvalue weighted by molar-refractivity contribution is 0.456. The molecule has 1 fully saturated rings. The normalized spacial score (nSPS) is 23.8. The number of nitrogens with zero attached hydrogens (tertiary/aromatic N) is 1. The van der Waals surface area contributed by atoms with E-state index in [2.05, 4.69) is 4.72 Å². The Morgan fingerprint density at radius 1 is 1.25 bits per heavy atom. The minimum Gasteiger partial charge on any atom is -0.326 e. The average Bonchev–Trinajstić information content (AvgIpc) is 2.64. The lowest BCUT2D eigenvalue weighted by Crippen LogP contribution is -2.46. The zero-order valence-electron chi connectivity index (χ0n) is 11.2. The number of nitriles is 1. The number of hydrogen-bond acceptors (Lipinski definition) is 4. The highest BCUT2D eigenvalue weighted by Gasteiger charge is 2.26. The summed E-state index contributed by atoms with van der Waals surface area (Å²) in [5.74, 6) is 0. The molecule has 108 valence electrons. The fraction of sp³-hybridized carbons (Fsp3) is 0.500. The van der Waals surface area contributed by atoms with Crippen molar-refractivity contribution < 1.29 is 8.42 Å². The van der Waals surface area contributed by atoms with Crippen LogP contribution in [-0.2, 0) is 10.0 Å². The van der Waals surface area contributed by atoms with Crippen LogP contribution in [0.4, 0.5) is 0 Å². The van der Waals surface area contributed by atoms with Crippen molar-refractivity contribution in [1.82, 2.24) is 4.72 Å². The van der Waals surface area contributed by atoms with Crippen LogP contribution in [0, 0.1) is 11.3 Å². The van der Waals surface area contributed by atoms with E-state index in [1.807, 2.05) is 6.07 Å². The van der Waals surface area contributed by atoms with E-state index < -0.39 is 10.0 Å². The molecule has 20 heavy (non-hydrogen) atoms. The van der Waals surface area contributed by atoms with Crippen LogP contribution in [0.3, 0.4) is 0 Å². The molecule has 0 saturated heterocycles. The molecule has 0 radical (unpaired) electrons. The van der Waals surface area contributed by atoms with E-state index in [1.165, 1.54) is 12.1 Å². The first kappa shape index (κ1) is 15.0. The number of rotatable bonds is 3. The third kappa shape index (κ3) is 3.57. The Morgan fingerprint density at radius 2 is 2.00 bits per heavy atom. The maximum absolute atomic E-state index is 12.4. The van der Waals surface area contributed by atoms with Crippen LogP contribution in [0.2, 0.25) is 0 Å². The molecule has 2 atom stereocenters. The highest BCUT2D eigenvalue weighted by atomic mass is 32.2. The van der Waals surface area contributed by atoms with Gasteiger partial charge in [0.25, 0.3) is 0 Å². The Hall–Kier alpha value is -1.42. The Morgan fingerprint density at radius 3 is 2.75 bits per heavy atom. The summed E-state index contributed by atoms with van der Waals surface area (Å²) in [4.78, 5) is 0.119. The number of sulfonamides is 1. The smallest absolute Gasteiger partial charge is 0.240 e. The maximum atomic E-state index is 12.4. The van der Waals surface area contributed by atoms with Gasteiger partial charge in [0.05, 0.1) is 16.5 Å². The quantitative estimate of drug-likeness (QED) is 0.825. The molecule has 1 aromatic rings. The molecule has 1 aliphatic rings. The van der Waals surface area contributed by atoms with Crippen molar-refractivity contribution in [1.29, 1.82) is 5.26 Å². The summed E-state index contributed by atoms with van der Waals surface area (Å²) in [5, 5.41) is 8.84. The Bertz CT molecular complexity index is 607. The maximum Gasteiger partial charge on any atom is 0.240 e. The number of hydrogen-bond donors (Lipinski definition) is 2. The van der Waals surface area contributed by atoms with Gasteiger partial charge in [-0.15, -0.1) is 0 Å². The predicted octanol–water partition coefficient (Wildman–Crippen LogP) is 1.50. The van der Waals surface area contributed by atoms with Crippen LogP contribution in [0.15, 0.2) is 29.2 Å². The molecular weight excluding hydrogens is 274 g/mol. The zero-order valence-corrected chi connectivity index (χ0v) is 12.1. The van der Waals surface area contributed by atoms with E-state index in [0.717, 1.165) is 32.1 Å². The first-order valence-electron chi connectivity index (χ1n) is 6.81. The summed E-state index contributed by atoms with van der Waals surface area (Å²) in [5.41, 5.74) is 6.37. The minimum atomic E-state index is -3.62. The van der Waals surface area contributed by atoms with Crippen molar-refractivity contribution in [2.24, 2.45) is 5.73 Å². The van der Waals surface area contributed by atoms with Gasteiger partial charge in [0.2, 0.25) is 10.0 Å². The monoisotopic (exact) mass is 293 g/mol. The van der Waals surface area contributed by atoms with Gasteiger partial charge in [0.15, 0.2) is 0 Å². The third-order valence-electron chi connectivity index (χ3n) is 3.65. The summed E-state index contributed by atoms with van der Waals surface area (Å²) in [7, 11) is -3.62. The van der Waals surface area contributed by atoms with Crippen molar-refractivity contribution in [3.05, 3.63) is 29.8 Å². The van der Waals surface area contributed by atoms with Gasteiger partial charge in [-0.1, -0.05) is 25.3 Å². The molecule has 0 amide bonds. The third-order valence-corrected chi connectivity index (χ3v) is 5.14. The molecule has 2 rings (SSSR count). The number of nitrogens with one attached hydrogen (secondary N) is 1. The van der Waals surface area contributed by atoms with Crippen LogP contribution in [-0.4, -0.2) is 20.5 Å². The summed E-state index contributed by atoms with van der Waals surface area (Å²) < 4.78 is 27.4. The highest BCUT2D eigenvalue weighted by Crippen LogP contribution is 2.19. The van der Waals surface area contributed by atoms with Gasteiger partial charge in [0, 0.05) is 12.1 Å². The Labute approximate surface area is 119 Å². The van der Waals surface area contributed by atoms with Crippen molar-refractivity contribution >= 4 is 10.0 Å². The molecule has 1 aliphatic carbocycles. The average molecular weight is 293 g/mol. The first-order valence-corrected chi connectivity index (χ1v) is 8.29. The molecule has 1 aromatic carbocycles. The van der Waals surface area contributed by atoms with Crippen LogP contribution in [0.25, 0.3) is 0 Å². The van der Waals surface area contributed by atoms with E-state index in [9.17, 15) is 8.42 Å². The molecule has 0 aliphatic heterocycles. The Kier molecular flexibility index (Phi) is 4.76. The van der Waals surface area contributed by atoms with E-state index >= 15 is 0 Å². The SMILES string of the molecule is N#Cc1cccc(S(=O)(=O)NC2CCCCCC2N)c1. The Balaban J connectivity index is 2.19. The van der Waals surface area contributed by atoms with Gasteiger partial charge in [-0.2, -0.15) is 5.26 Å². The molecule has 3 N–H and O–H groups in total. The van der Waals surface area contributed by atoms with Crippen LogP contribution in [0.1, 0.15) is 37.7 Å².